The van der Waals surface area contributed by atoms with Crippen LogP contribution in [0.25, 0.3) is 0 Å². The van der Waals surface area contributed by atoms with Crippen molar-refractivity contribution in [1.82, 2.24) is 10.6 Å². The van der Waals surface area contributed by atoms with Crippen molar-refractivity contribution >= 4 is 27.7 Å². The van der Waals surface area contributed by atoms with E-state index in [1.54, 1.807) is 12.1 Å². The minimum Gasteiger partial charge on any atom is -0.494 e. The second-order valence-corrected chi connectivity index (χ2v) is 6.26. The minimum atomic E-state index is -0.313. The Labute approximate surface area is 155 Å². The molecule has 7 heteroatoms. The predicted molar refractivity (Wildman–Crippen MR) is 97.7 cm³/mol. The van der Waals surface area contributed by atoms with Gasteiger partial charge in [0.1, 0.15) is 5.75 Å². The van der Waals surface area contributed by atoms with Crippen LogP contribution in [-0.4, -0.2) is 31.5 Å². The summed E-state index contributed by atoms with van der Waals surface area (Å²) in [5.74, 6) is 0.652. The van der Waals surface area contributed by atoms with Crippen molar-refractivity contribution in [3.8, 4) is 5.75 Å². The second kappa shape index (κ2) is 9.88. The number of nitrogens with one attached hydrogen (secondary N) is 2. The van der Waals surface area contributed by atoms with Crippen molar-refractivity contribution in [2.75, 3.05) is 19.7 Å². The maximum Gasteiger partial charge on any atom is 0.287 e. The van der Waals surface area contributed by atoms with Crippen LogP contribution in [0, 0.1) is 6.92 Å². The lowest BCUT2D eigenvalue weighted by molar-refractivity contribution is -0.121. The lowest BCUT2D eigenvalue weighted by Crippen LogP contribution is -2.34. The zero-order valence-electron chi connectivity index (χ0n) is 14.0. The van der Waals surface area contributed by atoms with Gasteiger partial charge in [-0.3, -0.25) is 9.59 Å². The quantitative estimate of drug-likeness (QED) is 0.624. The van der Waals surface area contributed by atoms with E-state index < -0.39 is 0 Å². The molecule has 0 atom stereocenters. The Hall–Kier alpha value is -2.28. The van der Waals surface area contributed by atoms with E-state index in [0.717, 1.165) is 5.75 Å². The molecule has 0 saturated carbocycles. The van der Waals surface area contributed by atoms with Gasteiger partial charge < -0.3 is 19.8 Å². The van der Waals surface area contributed by atoms with Crippen molar-refractivity contribution < 1.29 is 18.7 Å². The van der Waals surface area contributed by atoms with Crippen LogP contribution >= 0.6 is 15.9 Å². The third-order valence-electron chi connectivity index (χ3n) is 3.37. The Morgan fingerprint density at radius 3 is 2.48 bits per heavy atom. The van der Waals surface area contributed by atoms with Crippen LogP contribution in [0.4, 0.5) is 0 Å². The summed E-state index contributed by atoms with van der Waals surface area (Å²) >= 11 is 3.14. The molecule has 1 aromatic heterocycles. The molecule has 25 heavy (non-hydrogen) atoms. The van der Waals surface area contributed by atoms with E-state index in [0.29, 0.717) is 37.2 Å². The molecule has 0 aliphatic rings. The van der Waals surface area contributed by atoms with Gasteiger partial charge in [0.15, 0.2) is 10.4 Å². The highest BCUT2D eigenvalue weighted by molar-refractivity contribution is 9.10. The maximum absolute atomic E-state index is 11.7. The van der Waals surface area contributed by atoms with E-state index in [2.05, 4.69) is 26.6 Å². The molecule has 0 saturated heterocycles. The summed E-state index contributed by atoms with van der Waals surface area (Å²) in [6, 6.07) is 11.0. The van der Waals surface area contributed by atoms with E-state index in [-0.39, 0.29) is 17.6 Å². The van der Waals surface area contributed by atoms with E-state index in [1.807, 2.05) is 31.2 Å². The van der Waals surface area contributed by atoms with E-state index in [4.69, 9.17) is 9.15 Å². The molecule has 0 spiro atoms. The van der Waals surface area contributed by atoms with E-state index >= 15 is 0 Å². The van der Waals surface area contributed by atoms with E-state index in [9.17, 15) is 9.59 Å². The van der Waals surface area contributed by atoms with Gasteiger partial charge in [-0.1, -0.05) is 17.7 Å². The van der Waals surface area contributed by atoms with Crippen LogP contribution < -0.4 is 15.4 Å². The number of hydrogen-bond donors (Lipinski definition) is 2. The first-order chi connectivity index (χ1) is 12.0. The van der Waals surface area contributed by atoms with Gasteiger partial charge in [-0.2, -0.15) is 0 Å². The Kier molecular flexibility index (Phi) is 7.53. The van der Waals surface area contributed by atoms with Gasteiger partial charge in [0, 0.05) is 19.5 Å². The average molecular weight is 409 g/mol. The lowest BCUT2D eigenvalue weighted by atomic mass is 10.2. The lowest BCUT2D eigenvalue weighted by Gasteiger charge is -2.08. The van der Waals surface area contributed by atoms with Crippen LogP contribution in [0.2, 0.25) is 0 Å². The minimum absolute atomic E-state index is 0.0671. The van der Waals surface area contributed by atoms with Crippen molar-refractivity contribution in [2.24, 2.45) is 0 Å². The highest BCUT2D eigenvalue weighted by Crippen LogP contribution is 2.13. The summed E-state index contributed by atoms with van der Waals surface area (Å²) in [5, 5.41) is 5.42. The summed E-state index contributed by atoms with van der Waals surface area (Å²) in [6.45, 7) is 3.21. The zero-order valence-corrected chi connectivity index (χ0v) is 15.6. The molecule has 1 aromatic carbocycles. The molecule has 0 bridgehead atoms. The van der Waals surface area contributed by atoms with Crippen LogP contribution in [0.5, 0.6) is 5.75 Å². The molecule has 0 fully saturated rings. The number of ether oxygens (including phenoxy) is 1. The summed E-state index contributed by atoms with van der Waals surface area (Å²) in [7, 11) is 0. The van der Waals surface area contributed by atoms with Crippen molar-refractivity contribution in [3.05, 3.63) is 52.4 Å². The molecular formula is C18H21BrN2O4. The first-order valence-electron chi connectivity index (χ1n) is 8.04. The van der Waals surface area contributed by atoms with Gasteiger partial charge in [-0.15, -0.1) is 0 Å². The number of rotatable bonds is 9. The summed E-state index contributed by atoms with van der Waals surface area (Å²) in [4.78, 5) is 23.4. The molecule has 2 rings (SSSR count). The van der Waals surface area contributed by atoms with Crippen LogP contribution in [-0.2, 0) is 4.79 Å². The number of hydrogen-bond acceptors (Lipinski definition) is 4. The molecular weight excluding hydrogens is 388 g/mol. The van der Waals surface area contributed by atoms with Crippen LogP contribution in [0.3, 0.4) is 0 Å². The van der Waals surface area contributed by atoms with Gasteiger partial charge in [0.05, 0.1) is 6.61 Å². The second-order valence-electron chi connectivity index (χ2n) is 5.47. The zero-order chi connectivity index (χ0) is 18.1. The molecule has 0 radical (unpaired) electrons. The molecule has 6 nitrogen and oxygen atoms in total. The monoisotopic (exact) mass is 408 g/mol. The summed E-state index contributed by atoms with van der Waals surface area (Å²) in [6.07, 6.45) is 1.01. The number of halogens is 1. The Balaban J connectivity index is 1.52. The topological polar surface area (TPSA) is 80.6 Å². The van der Waals surface area contributed by atoms with Crippen molar-refractivity contribution in [2.45, 2.75) is 19.8 Å². The fraction of sp³-hybridized carbons (Fsp3) is 0.333. The number of carbonyl (C=O) groups is 2. The summed E-state index contributed by atoms with van der Waals surface area (Å²) in [5.41, 5.74) is 1.18. The molecule has 1 heterocycles. The highest BCUT2D eigenvalue weighted by Gasteiger charge is 2.09. The number of aryl methyl sites for hydroxylation is 1. The van der Waals surface area contributed by atoms with Gasteiger partial charge in [0.25, 0.3) is 5.91 Å². The summed E-state index contributed by atoms with van der Waals surface area (Å²) < 4.78 is 11.2. The standard InChI is InChI=1S/C18H21BrN2O4/c1-13-4-6-14(7-5-13)24-12-2-3-17(22)20-10-11-21-18(23)15-8-9-16(19)25-15/h4-9H,2-3,10-12H2,1H3,(H,20,22)(H,21,23). The maximum atomic E-state index is 11.7. The van der Waals surface area contributed by atoms with Gasteiger partial charge in [-0.25, -0.2) is 0 Å². The van der Waals surface area contributed by atoms with Gasteiger partial charge in [-0.05, 0) is 53.5 Å². The number of benzene rings is 1. The molecule has 0 aliphatic carbocycles. The smallest absolute Gasteiger partial charge is 0.287 e. The number of carbonyl (C=O) groups excluding carboxylic acids is 2. The van der Waals surface area contributed by atoms with Gasteiger partial charge in [0.2, 0.25) is 5.91 Å². The third-order valence-corrected chi connectivity index (χ3v) is 3.79. The normalized spacial score (nSPS) is 10.3. The molecule has 0 aliphatic heterocycles. The highest BCUT2D eigenvalue weighted by atomic mass is 79.9. The number of furan rings is 1. The average Bonchev–Trinajstić information content (AvgIpc) is 3.03. The number of amides is 2. The van der Waals surface area contributed by atoms with Crippen LogP contribution in [0.15, 0.2) is 45.5 Å². The molecule has 2 aromatic rings. The van der Waals surface area contributed by atoms with Crippen LogP contribution in [0.1, 0.15) is 29.0 Å². The Bertz CT molecular complexity index is 697. The predicted octanol–water partition coefficient (Wildman–Crippen LogP) is 3.06. The SMILES string of the molecule is Cc1ccc(OCCCC(=O)NCCNC(=O)c2ccc(Br)o2)cc1. The van der Waals surface area contributed by atoms with Crippen molar-refractivity contribution in [3.63, 3.8) is 0 Å². The fourth-order valence-corrected chi connectivity index (χ4v) is 2.35. The Morgan fingerprint density at radius 1 is 1.08 bits per heavy atom. The molecule has 2 N–H and O–H groups in total. The largest absolute Gasteiger partial charge is 0.494 e. The first-order valence-corrected chi connectivity index (χ1v) is 8.83. The Morgan fingerprint density at radius 2 is 1.80 bits per heavy atom. The molecule has 2 amide bonds. The third kappa shape index (κ3) is 7.01. The first kappa shape index (κ1) is 19.1. The molecule has 134 valence electrons. The van der Waals surface area contributed by atoms with Gasteiger partial charge >= 0.3 is 0 Å². The molecule has 0 unspecified atom stereocenters. The van der Waals surface area contributed by atoms with E-state index in [1.165, 1.54) is 5.56 Å². The fourth-order valence-electron chi connectivity index (χ4n) is 2.05. The van der Waals surface area contributed by atoms with Crippen molar-refractivity contribution in [1.29, 1.82) is 0 Å².